The van der Waals surface area contributed by atoms with Crippen LogP contribution in [0.15, 0.2) is 0 Å². The van der Waals surface area contributed by atoms with Crippen molar-refractivity contribution < 1.29 is 9.90 Å². The Morgan fingerprint density at radius 2 is 2.19 bits per heavy atom. The summed E-state index contributed by atoms with van der Waals surface area (Å²) in [6.45, 7) is 6.35. The second kappa shape index (κ2) is 5.91. The lowest BCUT2D eigenvalue weighted by molar-refractivity contribution is 0.0945. The van der Waals surface area contributed by atoms with E-state index in [1.54, 1.807) is 0 Å². The van der Waals surface area contributed by atoms with Crippen LogP contribution < -0.4 is 5.32 Å². The van der Waals surface area contributed by atoms with E-state index >= 15 is 0 Å². The summed E-state index contributed by atoms with van der Waals surface area (Å²) in [4.78, 5) is 12.4. The molecule has 0 bridgehead atoms. The highest BCUT2D eigenvalue weighted by atomic mass is 32.1. The lowest BCUT2D eigenvalue weighted by Gasteiger charge is -2.09. The Morgan fingerprint density at radius 3 is 2.75 bits per heavy atom. The van der Waals surface area contributed by atoms with Gasteiger partial charge in [-0.3, -0.25) is 4.79 Å². The van der Waals surface area contributed by atoms with E-state index in [2.05, 4.69) is 14.9 Å². The van der Waals surface area contributed by atoms with Crippen molar-refractivity contribution in [3.8, 4) is 0 Å². The zero-order valence-electron chi connectivity index (χ0n) is 9.73. The molecule has 0 aromatic carbocycles. The first-order valence-electron chi connectivity index (χ1n) is 5.27. The van der Waals surface area contributed by atoms with Crippen LogP contribution in [0.25, 0.3) is 0 Å². The molecule has 0 spiro atoms. The SMILES string of the molecule is CC(CO)CNC(=O)c1snnc1C(C)C. The first kappa shape index (κ1) is 13.1. The van der Waals surface area contributed by atoms with Crippen molar-refractivity contribution in [3.63, 3.8) is 0 Å². The van der Waals surface area contributed by atoms with Crippen LogP contribution >= 0.6 is 11.5 Å². The van der Waals surface area contributed by atoms with Gasteiger partial charge in [-0.25, -0.2) is 0 Å². The van der Waals surface area contributed by atoms with Gasteiger partial charge < -0.3 is 10.4 Å². The first-order chi connectivity index (χ1) is 7.56. The van der Waals surface area contributed by atoms with Gasteiger partial charge in [0.05, 0.1) is 5.69 Å². The van der Waals surface area contributed by atoms with Crippen LogP contribution in [0, 0.1) is 5.92 Å². The average Bonchev–Trinajstić information content (AvgIpc) is 2.74. The minimum absolute atomic E-state index is 0.0623. The molecular formula is C10H17N3O2S. The standard InChI is InChI=1S/C10H17N3O2S/c1-6(2)8-9(16-13-12-8)10(15)11-4-7(3)5-14/h6-7,14H,4-5H2,1-3H3,(H,11,15). The van der Waals surface area contributed by atoms with Gasteiger partial charge in [0.25, 0.3) is 5.91 Å². The number of hydrogen-bond donors (Lipinski definition) is 2. The van der Waals surface area contributed by atoms with Gasteiger partial charge >= 0.3 is 0 Å². The number of aliphatic hydroxyl groups is 1. The van der Waals surface area contributed by atoms with E-state index in [9.17, 15) is 4.79 Å². The van der Waals surface area contributed by atoms with Crippen molar-refractivity contribution in [2.75, 3.05) is 13.2 Å². The van der Waals surface area contributed by atoms with Gasteiger partial charge in [-0.15, -0.1) is 5.10 Å². The molecule has 0 saturated carbocycles. The molecule has 1 rings (SSSR count). The van der Waals surface area contributed by atoms with Gasteiger partial charge in [-0.05, 0) is 23.4 Å². The summed E-state index contributed by atoms with van der Waals surface area (Å²) >= 11 is 1.11. The molecule has 0 aliphatic carbocycles. The summed E-state index contributed by atoms with van der Waals surface area (Å²) in [7, 11) is 0. The topological polar surface area (TPSA) is 75.1 Å². The Kier molecular flexibility index (Phi) is 4.82. The molecule has 1 aromatic rings. The molecule has 1 aromatic heterocycles. The van der Waals surface area contributed by atoms with Crippen LogP contribution in [0.3, 0.4) is 0 Å². The van der Waals surface area contributed by atoms with Crippen LogP contribution in [0.5, 0.6) is 0 Å². The van der Waals surface area contributed by atoms with Gasteiger partial charge in [-0.1, -0.05) is 25.3 Å². The summed E-state index contributed by atoms with van der Waals surface area (Å²) in [6.07, 6.45) is 0. The van der Waals surface area contributed by atoms with E-state index in [-0.39, 0.29) is 24.3 Å². The largest absolute Gasteiger partial charge is 0.396 e. The Hall–Kier alpha value is -1.01. The predicted molar refractivity (Wildman–Crippen MR) is 62.6 cm³/mol. The molecule has 90 valence electrons. The Labute approximate surface area is 99.0 Å². The average molecular weight is 243 g/mol. The molecule has 0 saturated heterocycles. The fraction of sp³-hybridized carbons (Fsp3) is 0.700. The maximum atomic E-state index is 11.8. The number of carbonyl (C=O) groups is 1. The number of rotatable bonds is 5. The van der Waals surface area contributed by atoms with Crippen molar-refractivity contribution in [1.82, 2.24) is 14.9 Å². The second-order valence-corrected chi connectivity index (χ2v) is 4.89. The van der Waals surface area contributed by atoms with Gasteiger partial charge in [0.1, 0.15) is 4.88 Å². The summed E-state index contributed by atoms with van der Waals surface area (Å²) in [5.41, 5.74) is 0.735. The second-order valence-electron chi connectivity index (χ2n) is 4.14. The number of nitrogens with one attached hydrogen (secondary N) is 1. The van der Waals surface area contributed by atoms with Gasteiger partial charge in [0, 0.05) is 13.2 Å². The van der Waals surface area contributed by atoms with Crippen LogP contribution in [0.1, 0.15) is 42.1 Å². The van der Waals surface area contributed by atoms with Crippen molar-refractivity contribution in [1.29, 1.82) is 0 Å². The third-order valence-corrected chi connectivity index (χ3v) is 2.93. The molecule has 1 atom stereocenters. The number of aliphatic hydroxyl groups excluding tert-OH is 1. The fourth-order valence-electron chi connectivity index (χ4n) is 1.14. The molecule has 1 amide bonds. The lowest BCUT2D eigenvalue weighted by Crippen LogP contribution is -2.29. The third-order valence-electron chi connectivity index (χ3n) is 2.19. The van der Waals surface area contributed by atoms with Gasteiger partial charge in [0.15, 0.2) is 0 Å². The maximum absolute atomic E-state index is 11.8. The highest BCUT2D eigenvalue weighted by Crippen LogP contribution is 2.19. The Balaban J connectivity index is 2.62. The van der Waals surface area contributed by atoms with Crippen molar-refractivity contribution in [2.24, 2.45) is 5.92 Å². The Bertz CT molecular complexity index is 352. The monoisotopic (exact) mass is 243 g/mol. The number of aromatic nitrogens is 2. The molecule has 0 aliphatic heterocycles. The van der Waals surface area contributed by atoms with Crippen LogP contribution in [-0.2, 0) is 0 Å². The van der Waals surface area contributed by atoms with E-state index in [0.717, 1.165) is 17.2 Å². The zero-order valence-corrected chi connectivity index (χ0v) is 10.5. The number of hydrogen-bond acceptors (Lipinski definition) is 5. The van der Waals surface area contributed by atoms with Gasteiger partial charge in [0.2, 0.25) is 0 Å². The normalized spacial score (nSPS) is 12.8. The predicted octanol–water partition coefficient (Wildman–Crippen LogP) is 1.02. The number of nitrogens with zero attached hydrogens (tertiary/aromatic N) is 2. The van der Waals surface area contributed by atoms with Crippen molar-refractivity contribution in [3.05, 3.63) is 10.6 Å². The van der Waals surface area contributed by atoms with Crippen molar-refractivity contribution >= 4 is 17.4 Å². The van der Waals surface area contributed by atoms with Crippen LogP contribution in [-0.4, -0.2) is 33.8 Å². The molecule has 5 nitrogen and oxygen atoms in total. The fourth-order valence-corrected chi connectivity index (χ4v) is 1.88. The van der Waals surface area contributed by atoms with Crippen molar-refractivity contribution in [2.45, 2.75) is 26.7 Å². The zero-order chi connectivity index (χ0) is 12.1. The number of carbonyl (C=O) groups excluding carboxylic acids is 1. The number of amides is 1. The minimum atomic E-state index is -0.154. The molecule has 16 heavy (non-hydrogen) atoms. The van der Waals surface area contributed by atoms with Gasteiger partial charge in [-0.2, -0.15) is 0 Å². The smallest absolute Gasteiger partial charge is 0.264 e. The van der Waals surface area contributed by atoms with E-state index in [4.69, 9.17) is 5.11 Å². The molecule has 1 heterocycles. The maximum Gasteiger partial charge on any atom is 0.264 e. The molecule has 0 radical (unpaired) electrons. The quantitative estimate of drug-likeness (QED) is 0.809. The lowest BCUT2D eigenvalue weighted by atomic mass is 10.1. The van der Waals surface area contributed by atoms with E-state index in [0.29, 0.717) is 11.4 Å². The summed E-state index contributed by atoms with van der Waals surface area (Å²) < 4.78 is 3.79. The van der Waals surface area contributed by atoms with E-state index in [1.165, 1.54) is 0 Å². The summed E-state index contributed by atoms with van der Waals surface area (Å²) in [5, 5.41) is 15.6. The van der Waals surface area contributed by atoms with Crippen LogP contribution in [0.4, 0.5) is 0 Å². The molecule has 0 fully saturated rings. The Morgan fingerprint density at radius 1 is 1.50 bits per heavy atom. The summed E-state index contributed by atoms with van der Waals surface area (Å²) in [6, 6.07) is 0. The van der Waals surface area contributed by atoms with E-state index in [1.807, 2.05) is 20.8 Å². The van der Waals surface area contributed by atoms with Crippen LogP contribution in [0.2, 0.25) is 0 Å². The third kappa shape index (κ3) is 3.24. The molecular weight excluding hydrogens is 226 g/mol. The molecule has 6 heteroatoms. The highest BCUT2D eigenvalue weighted by molar-refractivity contribution is 7.08. The minimum Gasteiger partial charge on any atom is -0.396 e. The summed E-state index contributed by atoms with van der Waals surface area (Å²) in [5.74, 6) is 0.0982. The first-order valence-corrected chi connectivity index (χ1v) is 6.04. The molecule has 1 unspecified atom stereocenters. The molecule has 2 N–H and O–H groups in total. The van der Waals surface area contributed by atoms with E-state index < -0.39 is 0 Å². The molecule has 0 aliphatic rings. The highest BCUT2D eigenvalue weighted by Gasteiger charge is 2.18.